The van der Waals surface area contributed by atoms with Crippen molar-refractivity contribution in [2.45, 2.75) is 40.2 Å². The van der Waals surface area contributed by atoms with Crippen LogP contribution in [-0.2, 0) is 6.42 Å². The molecular weight excluding hydrogens is 160 g/mol. The molecule has 0 aliphatic heterocycles. The zero-order valence-corrected chi connectivity index (χ0v) is 8.89. The number of aliphatic hydroxyl groups is 1. The smallest absolute Gasteiger partial charge is 0.0552 e. The predicted molar refractivity (Wildman–Crippen MR) is 56.0 cm³/mol. The van der Waals surface area contributed by atoms with Gasteiger partial charge >= 0.3 is 0 Å². The second-order valence-electron chi connectivity index (χ2n) is 3.92. The summed E-state index contributed by atoms with van der Waals surface area (Å²) >= 11 is 0. The Kier molecular flexibility index (Phi) is 3.10. The van der Waals surface area contributed by atoms with Gasteiger partial charge in [0.05, 0.1) is 6.10 Å². The molecule has 1 aromatic rings. The second kappa shape index (κ2) is 3.93. The van der Waals surface area contributed by atoms with E-state index in [-0.39, 0.29) is 6.10 Å². The SMILES string of the molecule is Cc1cc(C)c(C[C@@H](C)O)cc1C. The maximum Gasteiger partial charge on any atom is 0.0552 e. The van der Waals surface area contributed by atoms with Crippen molar-refractivity contribution >= 4 is 0 Å². The summed E-state index contributed by atoms with van der Waals surface area (Å²) in [5, 5.41) is 9.29. The van der Waals surface area contributed by atoms with Crippen LogP contribution < -0.4 is 0 Å². The molecule has 0 aromatic heterocycles. The molecule has 0 fully saturated rings. The largest absolute Gasteiger partial charge is 0.393 e. The van der Waals surface area contributed by atoms with Crippen LogP contribution >= 0.6 is 0 Å². The normalized spacial score (nSPS) is 13.0. The van der Waals surface area contributed by atoms with Gasteiger partial charge in [0.2, 0.25) is 0 Å². The summed E-state index contributed by atoms with van der Waals surface area (Å²) in [5.41, 5.74) is 5.18. The third-order valence-corrected chi connectivity index (χ3v) is 2.47. The molecule has 0 bridgehead atoms. The highest BCUT2D eigenvalue weighted by Gasteiger charge is 2.04. The molecular formula is C12H18O. The van der Waals surface area contributed by atoms with Crippen molar-refractivity contribution in [2.75, 3.05) is 0 Å². The second-order valence-corrected chi connectivity index (χ2v) is 3.92. The van der Waals surface area contributed by atoms with E-state index in [4.69, 9.17) is 0 Å². The van der Waals surface area contributed by atoms with Crippen molar-refractivity contribution < 1.29 is 5.11 Å². The van der Waals surface area contributed by atoms with Gasteiger partial charge in [-0.05, 0) is 56.4 Å². The maximum atomic E-state index is 9.29. The summed E-state index contributed by atoms with van der Waals surface area (Å²) in [6, 6.07) is 4.37. The van der Waals surface area contributed by atoms with E-state index < -0.39 is 0 Å². The molecule has 1 nitrogen and oxygen atoms in total. The van der Waals surface area contributed by atoms with Crippen LogP contribution in [0.4, 0.5) is 0 Å². The lowest BCUT2D eigenvalue weighted by molar-refractivity contribution is 0.195. The Morgan fingerprint density at radius 2 is 1.62 bits per heavy atom. The van der Waals surface area contributed by atoms with Gasteiger partial charge in [0.1, 0.15) is 0 Å². The summed E-state index contributed by atoms with van der Waals surface area (Å²) in [4.78, 5) is 0. The van der Waals surface area contributed by atoms with E-state index in [1.54, 1.807) is 0 Å². The Morgan fingerprint density at radius 3 is 2.15 bits per heavy atom. The molecule has 0 saturated carbocycles. The lowest BCUT2D eigenvalue weighted by Gasteiger charge is -2.11. The van der Waals surface area contributed by atoms with Crippen LogP contribution in [0.5, 0.6) is 0 Å². The highest BCUT2D eigenvalue weighted by molar-refractivity contribution is 5.36. The molecule has 72 valence electrons. The molecule has 0 aliphatic carbocycles. The van der Waals surface area contributed by atoms with Crippen LogP contribution in [0.1, 0.15) is 29.2 Å². The third-order valence-electron chi connectivity index (χ3n) is 2.47. The van der Waals surface area contributed by atoms with Crippen LogP contribution in [0.2, 0.25) is 0 Å². The monoisotopic (exact) mass is 178 g/mol. The van der Waals surface area contributed by atoms with Gasteiger partial charge < -0.3 is 5.11 Å². The van der Waals surface area contributed by atoms with Gasteiger partial charge in [0.25, 0.3) is 0 Å². The van der Waals surface area contributed by atoms with Gasteiger partial charge in [-0.2, -0.15) is 0 Å². The van der Waals surface area contributed by atoms with Crippen molar-refractivity contribution in [3.63, 3.8) is 0 Å². The number of aryl methyl sites for hydroxylation is 3. The maximum absolute atomic E-state index is 9.29. The van der Waals surface area contributed by atoms with Crippen LogP contribution in [0.3, 0.4) is 0 Å². The number of benzene rings is 1. The molecule has 0 radical (unpaired) electrons. The van der Waals surface area contributed by atoms with Gasteiger partial charge in [0.15, 0.2) is 0 Å². The summed E-state index contributed by atoms with van der Waals surface area (Å²) in [7, 11) is 0. The molecule has 0 amide bonds. The molecule has 0 aliphatic rings. The highest BCUT2D eigenvalue weighted by Crippen LogP contribution is 2.16. The van der Waals surface area contributed by atoms with Gasteiger partial charge in [-0.15, -0.1) is 0 Å². The van der Waals surface area contributed by atoms with Gasteiger partial charge in [0, 0.05) is 0 Å². The summed E-state index contributed by atoms with van der Waals surface area (Å²) in [6.45, 7) is 8.16. The number of rotatable bonds is 2. The highest BCUT2D eigenvalue weighted by atomic mass is 16.3. The van der Waals surface area contributed by atoms with Crippen LogP contribution in [-0.4, -0.2) is 11.2 Å². The summed E-state index contributed by atoms with van der Waals surface area (Å²) < 4.78 is 0. The number of aliphatic hydroxyl groups excluding tert-OH is 1. The fourth-order valence-electron chi connectivity index (χ4n) is 1.56. The molecule has 1 atom stereocenters. The Labute approximate surface area is 80.4 Å². The molecule has 1 aromatic carbocycles. The molecule has 1 heteroatoms. The van der Waals surface area contributed by atoms with E-state index >= 15 is 0 Å². The lowest BCUT2D eigenvalue weighted by Crippen LogP contribution is -2.06. The van der Waals surface area contributed by atoms with Crippen molar-refractivity contribution in [3.8, 4) is 0 Å². The molecule has 1 rings (SSSR count). The Hall–Kier alpha value is -0.820. The van der Waals surface area contributed by atoms with E-state index in [2.05, 4.69) is 32.9 Å². The molecule has 0 unspecified atom stereocenters. The topological polar surface area (TPSA) is 20.2 Å². The predicted octanol–water partition coefficient (Wildman–Crippen LogP) is 2.54. The minimum absolute atomic E-state index is 0.249. The van der Waals surface area contributed by atoms with Crippen LogP contribution in [0.25, 0.3) is 0 Å². The van der Waals surface area contributed by atoms with Crippen molar-refractivity contribution in [1.82, 2.24) is 0 Å². The first-order valence-electron chi connectivity index (χ1n) is 4.75. The molecule has 0 heterocycles. The van der Waals surface area contributed by atoms with E-state index in [9.17, 15) is 5.11 Å². The fourth-order valence-corrected chi connectivity index (χ4v) is 1.56. The van der Waals surface area contributed by atoms with Gasteiger partial charge in [-0.3, -0.25) is 0 Å². The van der Waals surface area contributed by atoms with Crippen LogP contribution in [0, 0.1) is 20.8 Å². The van der Waals surface area contributed by atoms with Gasteiger partial charge in [-0.1, -0.05) is 12.1 Å². The van der Waals surface area contributed by atoms with Crippen molar-refractivity contribution in [1.29, 1.82) is 0 Å². The zero-order chi connectivity index (χ0) is 10.0. The van der Waals surface area contributed by atoms with Crippen molar-refractivity contribution in [2.24, 2.45) is 0 Å². The summed E-state index contributed by atoms with van der Waals surface area (Å²) in [5.74, 6) is 0. The Balaban J connectivity index is 3.01. The fraction of sp³-hybridized carbons (Fsp3) is 0.500. The van der Waals surface area contributed by atoms with Crippen LogP contribution in [0.15, 0.2) is 12.1 Å². The van der Waals surface area contributed by atoms with E-state index in [0.29, 0.717) is 0 Å². The zero-order valence-electron chi connectivity index (χ0n) is 8.89. The molecule has 0 saturated heterocycles. The minimum Gasteiger partial charge on any atom is -0.393 e. The molecule has 13 heavy (non-hydrogen) atoms. The average molecular weight is 178 g/mol. The minimum atomic E-state index is -0.249. The molecule has 0 spiro atoms. The summed E-state index contributed by atoms with van der Waals surface area (Å²) in [6.07, 6.45) is 0.508. The first-order valence-corrected chi connectivity index (χ1v) is 4.75. The number of hydrogen-bond donors (Lipinski definition) is 1. The quantitative estimate of drug-likeness (QED) is 0.738. The Bertz CT molecular complexity index is 300. The Morgan fingerprint density at radius 1 is 1.08 bits per heavy atom. The molecule has 1 N–H and O–H groups in total. The first kappa shape index (κ1) is 10.3. The van der Waals surface area contributed by atoms with Gasteiger partial charge in [-0.25, -0.2) is 0 Å². The van der Waals surface area contributed by atoms with E-state index in [1.807, 2.05) is 6.92 Å². The standard InChI is InChI=1S/C12H18O/c1-8-5-10(3)12(6-9(8)2)7-11(4)13/h5-6,11,13H,7H2,1-4H3/t11-/m1/s1. The van der Waals surface area contributed by atoms with E-state index in [0.717, 1.165) is 6.42 Å². The lowest BCUT2D eigenvalue weighted by atomic mass is 9.97. The third kappa shape index (κ3) is 2.56. The number of hydrogen-bond acceptors (Lipinski definition) is 1. The van der Waals surface area contributed by atoms with Crippen molar-refractivity contribution in [3.05, 3.63) is 34.4 Å². The first-order chi connectivity index (χ1) is 6.00. The average Bonchev–Trinajstić information content (AvgIpc) is 1.99. The van der Waals surface area contributed by atoms with E-state index in [1.165, 1.54) is 22.3 Å².